The van der Waals surface area contributed by atoms with Crippen molar-refractivity contribution in [3.63, 3.8) is 0 Å². The molecule has 0 fully saturated rings. The highest BCUT2D eigenvalue weighted by Crippen LogP contribution is 2.24. The van der Waals surface area contributed by atoms with Gasteiger partial charge in [-0.15, -0.1) is 0 Å². The van der Waals surface area contributed by atoms with Crippen LogP contribution in [-0.2, 0) is 4.79 Å². The summed E-state index contributed by atoms with van der Waals surface area (Å²) in [6, 6.07) is 3.67. The summed E-state index contributed by atoms with van der Waals surface area (Å²) in [6.45, 7) is 3.05. The summed E-state index contributed by atoms with van der Waals surface area (Å²) < 4.78 is 0. The second kappa shape index (κ2) is 6.53. The number of nitrogens with zero attached hydrogens (tertiary/aromatic N) is 1. The van der Waals surface area contributed by atoms with E-state index in [-0.39, 0.29) is 17.1 Å². The Bertz CT molecular complexity index is 590. The number of rotatable bonds is 6. The van der Waals surface area contributed by atoms with E-state index < -0.39 is 27.9 Å². The van der Waals surface area contributed by atoms with Gasteiger partial charge in [0.1, 0.15) is 5.56 Å². The van der Waals surface area contributed by atoms with Crippen LogP contribution < -0.4 is 5.32 Å². The molecule has 2 N–H and O–H groups in total. The molecule has 0 aliphatic heterocycles. The number of aliphatic carboxylic acids is 1. The van der Waals surface area contributed by atoms with E-state index in [0.717, 1.165) is 6.07 Å². The van der Waals surface area contributed by atoms with Gasteiger partial charge >= 0.3 is 5.97 Å². The molecule has 0 spiro atoms. The van der Waals surface area contributed by atoms with Gasteiger partial charge in [-0.25, -0.2) is 0 Å². The largest absolute Gasteiger partial charge is 0.481 e. The maximum atomic E-state index is 12.0. The van der Waals surface area contributed by atoms with Crippen LogP contribution in [0.25, 0.3) is 0 Å². The molecule has 1 rings (SSSR count). The van der Waals surface area contributed by atoms with Crippen molar-refractivity contribution in [1.29, 1.82) is 0 Å². The van der Waals surface area contributed by atoms with E-state index in [1.165, 1.54) is 19.1 Å². The lowest BCUT2D eigenvalue weighted by Crippen LogP contribution is -2.40. The Morgan fingerprint density at radius 3 is 2.57 bits per heavy atom. The average molecular weight is 315 g/mol. The maximum absolute atomic E-state index is 12.0. The van der Waals surface area contributed by atoms with Gasteiger partial charge in [-0.3, -0.25) is 19.7 Å². The first kappa shape index (κ1) is 16.9. The third kappa shape index (κ3) is 3.91. The lowest BCUT2D eigenvalue weighted by atomic mass is 9.87. The molecule has 0 saturated carbocycles. The van der Waals surface area contributed by atoms with Crippen LogP contribution in [0.4, 0.5) is 5.69 Å². The number of amides is 1. The zero-order valence-electron chi connectivity index (χ0n) is 11.6. The highest BCUT2D eigenvalue weighted by atomic mass is 35.5. The van der Waals surface area contributed by atoms with Crippen LogP contribution in [0, 0.1) is 15.5 Å². The van der Waals surface area contributed by atoms with E-state index in [9.17, 15) is 19.7 Å². The fourth-order valence-electron chi connectivity index (χ4n) is 1.57. The third-order valence-corrected chi connectivity index (χ3v) is 3.57. The smallest absolute Gasteiger partial charge is 0.311 e. The molecule has 21 heavy (non-hydrogen) atoms. The zero-order chi connectivity index (χ0) is 16.2. The van der Waals surface area contributed by atoms with Gasteiger partial charge in [0.15, 0.2) is 0 Å². The van der Waals surface area contributed by atoms with E-state index in [4.69, 9.17) is 16.7 Å². The molecule has 0 aliphatic rings. The van der Waals surface area contributed by atoms with Crippen LogP contribution in [0.2, 0.25) is 5.02 Å². The first-order chi connectivity index (χ1) is 9.71. The summed E-state index contributed by atoms with van der Waals surface area (Å²) in [5.41, 5.74) is -1.71. The molecule has 114 valence electrons. The molecule has 0 bridgehead atoms. The number of hydrogen-bond donors (Lipinski definition) is 2. The molecule has 0 aliphatic carbocycles. The topological polar surface area (TPSA) is 110 Å². The van der Waals surface area contributed by atoms with E-state index in [2.05, 4.69) is 5.32 Å². The number of carbonyl (C=O) groups is 2. The number of nitro groups is 1. The van der Waals surface area contributed by atoms with Crippen LogP contribution in [0.5, 0.6) is 0 Å². The lowest BCUT2D eigenvalue weighted by molar-refractivity contribution is -0.385. The van der Waals surface area contributed by atoms with Crippen molar-refractivity contribution in [3.8, 4) is 0 Å². The molecule has 0 radical (unpaired) electrons. The first-order valence-corrected chi connectivity index (χ1v) is 6.54. The molecule has 8 heteroatoms. The Morgan fingerprint density at radius 1 is 1.48 bits per heavy atom. The van der Waals surface area contributed by atoms with Crippen LogP contribution in [0.3, 0.4) is 0 Å². The molecule has 1 atom stereocenters. The highest BCUT2D eigenvalue weighted by molar-refractivity contribution is 6.31. The summed E-state index contributed by atoms with van der Waals surface area (Å²) in [7, 11) is 0. The number of carboxylic acids is 1. The normalized spacial score (nSPS) is 13.3. The number of nitro benzene ring substituents is 1. The summed E-state index contributed by atoms with van der Waals surface area (Å²) in [4.78, 5) is 33.4. The molecule has 0 heterocycles. The Kier molecular flexibility index (Phi) is 5.26. The maximum Gasteiger partial charge on any atom is 0.311 e. The summed E-state index contributed by atoms with van der Waals surface area (Å²) >= 11 is 5.67. The standard InChI is InChI=1S/C13H15ClN2O5/c1-3-13(2,12(18)19)7-15-11(17)9-5-4-8(14)6-10(9)16(20)21/h4-6H,3,7H2,1-2H3,(H,15,17)(H,18,19). The quantitative estimate of drug-likeness (QED) is 0.619. The highest BCUT2D eigenvalue weighted by Gasteiger charge is 2.32. The number of hydrogen-bond acceptors (Lipinski definition) is 4. The van der Waals surface area contributed by atoms with Gasteiger partial charge in [0.05, 0.1) is 10.3 Å². The first-order valence-electron chi connectivity index (χ1n) is 6.17. The summed E-state index contributed by atoms with van der Waals surface area (Å²) in [6.07, 6.45) is 0.311. The van der Waals surface area contributed by atoms with E-state index >= 15 is 0 Å². The van der Waals surface area contributed by atoms with Crippen LogP contribution in [0.15, 0.2) is 18.2 Å². The Balaban J connectivity index is 2.96. The molecule has 1 aromatic carbocycles. The molecule has 0 aromatic heterocycles. The Labute approximate surface area is 126 Å². The van der Waals surface area contributed by atoms with Crippen molar-refractivity contribution in [2.24, 2.45) is 5.41 Å². The van der Waals surface area contributed by atoms with Crippen molar-refractivity contribution < 1.29 is 19.6 Å². The summed E-state index contributed by atoms with van der Waals surface area (Å²) in [5, 5.41) is 22.6. The molecule has 1 unspecified atom stereocenters. The molecular weight excluding hydrogens is 300 g/mol. The predicted octanol–water partition coefficient (Wildman–Crippen LogP) is 2.48. The number of carbonyl (C=O) groups excluding carboxylic acids is 1. The van der Waals surface area contributed by atoms with Crippen LogP contribution >= 0.6 is 11.6 Å². The Hall–Kier alpha value is -2.15. The minimum Gasteiger partial charge on any atom is -0.481 e. The van der Waals surface area contributed by atoms with Crippen molar-refractivity contribution in [1.82, 2.24) is 5.32 Å². The van der Waals surface area contributed by atoms with Gasteiger partial charge in [-0.2, -0.15) is 0 Å². The second-order valence-corrected chi connectivity index (χ2v) is 5.26. The molecule has 7 nitrogen and oxygen atoms in total. The van der Waals surface area contributed by atoms with Gasteiger partial charge in [0.25, 0.3) is 11.6 Å². The Morgan fingerprint density at radius 2 is 2.10 bits per heavy atom. The molecule has 1 aromatic rings. The minimum atomic E-state index is -1.13. The number of nitrogens with one attached hydrogen (secondary N) is 1. The monoisotopic (exact) mass is 314 g/mol. The fraction of sp³-hybridized carbons (Fsp3) is 0.385. The van der Waals surface area contributed by atoms with Crippen molar-refractivity contribution in [3.05, 3.63) is 38.9 Å². The van der Waals surface area contributed by atoms with Gasteiger partial charge in [0.2, 0.25) is 0 Å². The fourth-order valence-corrected chi connectivity index (χ4v) is 1.74. The molecule has 1 amide bonds. The molecule has 0 saturated heterocycles. The van der Waals surface area contributed by atoms with Crippen molar-refractivity contribution in [2.45, 2.75) is 20.3 Å². The minimum absolute atomic E-state index is 0.128. The SMILES string of the molecule is CCC(C)(CNC(=O)c1ccc(Cl)cc1[N+](=O)[O-])C(=O)O. The van der Waals surface area contributed by atoms with Gasteiger partial charge < -0.3 is 10.4 Å². The number of benzene rings is 1. The van der Waals surface area contributed by atoms with Crippen molar-refractivity contribution >= 4 is 29.2 Å². The van der Waals surface area contributed by atoms with Gasteiger partial charge in [0, 0.05) is 17.6 Å². The van der Waals surface area contributed by atoms with Crippen LogP contribution in [-0.4, -0.2) is 28.5 Å². The predicted molar refractivity (Wildman–Crippen MR) is 76.5 cm³/mol. The number of carboxylic acid groups (broad SMARTS) is 1. The zero-order valence-corrected chi connectivity index (χ0v) is 12.3. The van der Waals surface area contributed by atoms with E-state index in [1.54, 1.807) is 6.92 Å². The second-order valence-electron chi connectivity index (χ2n) is 4.82. The average Bonchev–Trinajstić information content (AvgIpc) is 2.43. The third-order valence-electron chi connectivity index (χ3n) is 3.34. The van der Waals surface area contributed by atoms with E-state index in [1.807, 2.05) is 0 Å². The molecular formula is C13H15ClN2O5. The van der Waals surface area contributed by atoms with Gasteiger partial charge in [-0.05, 0) is 25.5 Å². The van der Waals surface area contributed by atoms with Crippen molar-refractivity contribution in [2.75, 3.05) is 6.54 Å². The summed E-state index contributed by atoms with van der Waals surface area (Å²) in [5.74, 6) is -1.75. The van der Waals surface area contributed by atoms with Crippen LogP contribution in [0.1, 0.15) is 30.6 Å². The lowest BCUT2D eigenvalue weighted by Gasteiger charge is -2.23. The van der Waals surface area contributed by atoms with Gasteiger partial charge in [-0.1, -0.05) is 18.5 Å². The number of halogens is 1. The van der Waals surface area contributed by atoms with E-state index in [0.29, 0.717) is 6.42 Å².